The van der Waals surface area contributed by atoms with Crippen molar-refractivity contribution >= 4 is 17.1 Å². The Morgan fingerprint density at radius 3 is 2.76 bits per heavy atom. The fraction of sp³-hybridized carbons (Fsp3) is 0.600. The topological polar surface area (TPSA) is 42.0 Å². The SMILES string of the molecule is O=C(CNCC1CC1)c1cnc(C(F)(F)F)s1. The van der Waals surface area contributed by atoms with Gasteiger partial charge in [-0.2, -0.15) is 13.2 Å². The second-order valence-corrected chi connectivity index (χ2v) is 5.06. The van der Waals surface area contributed by atoms with Gasteiger partial charge >= 0.3 is 6.18 Å². The van der Waals surface area contributed by atoms with Crippen molar-refractivity contribution in [2.45, 2.75) is 19.0 Å². The maximum atomic E-state index is 12.3. The summed E-state index contributed by atoms with van der Waals surface area (Å²) in [6.07, 6.45) is -1.14. The van der Waals surface area contributed by atoms with Crippen molar-refractivity contribution in [2.24, 2.45) is 5.92 Å². The van der Waals surface area contributed by atoms with Crippen LogP contribution in [0.15, 0.2) is 6.20 Å². The lowest BCUT2D eigenvalue weighted by Gasteiger charge is -2.01. The van der Waals surface area contributed by atoms with Crippen LogP contribution in [0.1, 0.15) is 27.5 Å². The second kappa shape index (κ2) is 4.73. The molecule has 0 saturated heterocycles. The Morgan fingerprint density at radius 2 is 2.24 bits per heavy atom. The molecule has 2 rings (SSSR count). The van der Waals surface area contributed by atoms with Gasteiger partial charge in [0.2, 0.25) is 0 Å². The Bertz CT molecular complexity index is 412. The molecule has 0 spiro atoms. The van der Waals surface area contributed by atoms with E-state index in [9.17, 15) is 18.0 Å². The number of alkyl halides is 3. The smallest absolute Gasteiger partial charge is 0.309 e. The number of Topliss-reactive ketones (excluding diaryl/α,β-unsaturated/α-hetero) is 1. The van der Waals surface area contributed by atoms with E-state index >= 15 is 0 Å². The van der Waals surface area contributed by atoms with Crippen LogP contribution in [0.4, 0.5) is 13.2 Å². The van der Waals surface area contributed by atoms with Crippen molar-refractivity contribution in [1.29, 1.82) is 0 Å². The Hall–Kier alpha value is -0.950. The summed E-state index contributed by atoms with van der Waals surface area (Å²) in [6.45, 7) is 0.840. The Kier molecular flexibility index (Phi) is 3.48. The fourth-order valence-electron chi connectivity index (χ4n) is 1.33. The second-order valence-electron chi connectivity index (χ2n) is 4.02. The van der Waals surface area contributed by atoms with E-state index < -0.39 is 11.2 Å². The van der Waals surface area contributed by atoms with Crippen molar-refractivity contribution in [2.75, 3.05) is 13.1 Å². The van der Waals surface area contributed by atoms with E-state index in [4.69, 9.17) is 0 Å². The number of nitrogens with zero attached hydrogens (tertiary/aromatic N) is 1. The predicted molar refractivity (Wildman–Crippen MR) is 57.0 cm³/mol. The summed E-state index contributed by atoms with van der Waals surface area (Å²) in [7, 11) is 0. The number of ketones is 1. The third kappa shape index (κ3) is 3.50. The van der Waals surface area contributed by atoms with E-state index in [-0.39, 0.29) is 17.2 Å². The molecule has 1 heterocycles. The number of hydrogen-bond acceptors (Lipinski definition) is 4. The maximum absolute atomic E-state index is 12.3. The summed E-state index contributed by atoms with van der Waals surface area (Å²) in [5, 5.41) is 1.97. The van der Waals surface area contributed by atoms with Crippen molar-refractivity contribution in [1.82, 2.24) is 10.3 Å². The van der Waals surface area contributed by atoms with E-state index in [2.05, 4.69) is 10.3 Å². The number of rotatable bonds is 5. The van der Waals surface area contributed by atoms with Crippen molar-refractivity contribution < 1.29 is 18.0 Å². The molecular formula is C10H11F3N2OS. The molecule has 7 heteroatoms. The Morgan fingerprint density at radius 1 is 1.53 bits per heavy atom. The minimum Gasteiger partial charge on any atom is -0.309 e. The molecular weight excluding hydrogens is 253 g/mol. The standard InChI is InChI=1S/C10H11F3N2OS/c11-10(12,13)9-15-5-8(17-9)7(16)4-14-3-6-1-2-6/h5-6,14H,1-4H2. The monoisotopic (exact) mass is 264 g/mol. The molecule has 1 fully saturated rings. The normalized spacial score (nSPS) is 16.2. The van der Waals surface area contributed by atoms with E-state index in [0.29, 0.717) is 17.3 Å². The molecule has 0 atom stereocenters. The summed E-state index contributed by atoms with van der Waals surface area (Å²) in [6, 6.07) is 0. The molecule has 0 unspecified atom stereocenters. The first-order chi connectivity index (χ1) is 7.97. The average Bonchev–Trinajstić information content (AvgIpc) is 2.91. The zero-order valence-electron chi connectivity index (χ0n) is 8.88. The summed E-state index contributed by atoms with van der Waals surface area (Å²) >= 11 is 0.397. The summed E-state index contributed by atoms with van der Waals surface area (Å²) in [4.78, 5) is 14.8. The number of nitrogens with one attached hydrogen (secondary N) is 1. The molecule has 3 nitrogen and oxygen atoms in total. The molecule has 0 aromatic carbocycles. The molecule has 17 heavy (non-hydrogen) atoms. The van der Waals surface area contributed by atoms with E-state index in [1.54, 1.807) is 0 Å². The molecule has 1 aliphatic carbocycles. The first-order valence-corrected chi connectivity index (χ1v) is 6.05. The number of halogens is 3. The highest BCUT2D eigenvalue weighted by Crippen LogP contribution is 2.32. The van der Waals surface area contributed by atoms with E-state index in [1.165, 1.54) is 12.8 Å². The van der Waals surface area contributed by atoms with Gasteiger partial charge in [0.15, 0.2) is 10.8 Å². The third-order valence-corrected chi connectivity index (χ3v) is 3.52. The van der Waals surface area contributed by atoms with Crippen LogP contribution in [0.5, 0.6) is 0 Å². The average molecular weight is 264 g/mol. The zero-order valence-corrected chi connectivity index (χ0v) is 9.70. The Labute approximate surface area is 100 Å². The lowest BCUT2D eigenvalue weighted by Crippen LogP contribution is -2.24. The molecule has 0 amide bonds. The molecule has 0 aliphatic heterocycles. The third-order valence-electron chi connectivity index (χ3n) is 2.44. The number of hydrogen-bond donors (Lipinski definition) is 1. The molecule has 94 valence electrons. The van der Waals surface area contributed by atoms with Crippen molar-refractivity contribution in [3.05, 3.63) is 16.1 Å². The van der Waals surface area contributed by atoms with Crippen LogP contribution in [0.3, 0.4) is 0 Å². The van der Waals surface area contributed by atoms with E-state index in [1.807, 2.05) is 0 Å². The van der Waals surface area contributed by atoms with E-state index in [0.717, 1.165) is 12.7 Å². The number of aromatic nitrogens is 1. The van der Waals surface area contributed by atoms with Gasteiger partial charge in [-0.1, -0.05) is 0 Å². The number of carbonyl (C=O) groups is 1. The highest BCUT2D eigenvalue weighted by Gasteiger charge is 2.35. The van der Waals surface area contributed by atoms with Gasteiger partial charge in [-0.15, -0.1) is 11.3 Å². The van der Waals surface area contributed by atoms with Crippen LogP contribution < -0.4 is 5.32 Å². The summed E-state index contributed by atoms with van der Waals surface area (Å²) in [5.41, 5.74) is 0. The zero-order chi connectivity index (χ0) is 12.5. The van der Waals surface area contributed by atoms with Crippen LogP contribution in [-0.2, 0) is 6.18 Å². The van der Waals surface area contributed by atoms with Crippen LogP contribution in [-0.4, -0.2) is 23.9 Å². The largest absolute Gasteiger partial charge is 0.443 e. The fourth-order valence-corrected chi connectivity index (χ4v) is 2.05. The van der Waals surface area contributed by atoms with Crippen LogP contribution in [0.25, 0.3) is 0 Å². The molecule has 1 N–H and O–H groups in total. The van der Waals surface area contributed by atoms with Gasteiger partial charge in [0.25, 0.3) is 0 Å². The maximum Gasteiger partial charge on any atom is 0.443 e. The van der Waals surface area contributed by atoms with Gasteiger partial charge in [-0.25, -0.2) is 4.98 Å². The molecule has 0 radical (unpaired) electrons. The molecule has 1 saturated carbocycles. The van der Waals surface area contributed by atoms with Crippen LogP contribution in [0.2, 0.25) is 0 Å². The van der Waals surface area contributed by atoms with Gasteiger partial charge in [-0.05, 0) is 25.3 Å². The van der Waals surface area contributed by atoms with Gasteiger partial charge < -0.3 is 5.32 Å². The number of thiazole rings is 1. The molecule has 1 aromatic rings. The Balaban J connectivity index is 1.87. The molecule has 1 aromatic heterocycles. The van der Waals surface area contributed by atoms with Crippen LogP contribution in [0, 0.1) is 5.92 Å². The van der Waals surface area contributed by atoms with Gasteiger partial charge in [0.05, 0.1) is 11.4 Å². The highest BCUT2D eigenvalue weighted by atomic mass is 32.1. The van der Waals surface area contributed by atoms with Gasteiger partial charge in [0, 0.05) is 6.20 Å². The van der Waals surface area contributed by atoms with Crippen LogP contribution >= 0.6 is 11.3 Å². The lowest BCUT2D eigenvalue weighted by atomic mass is 10.3. The summed E-state index contributed by atoms with van der Waals surface area (Å²) < 4.78 is 36.8. The molecule has 1 aliphatic rings. The lowest BCUT2D eigenvalue weighted by molar-refractivity contribution is -0.137. The minimum atomic E-state index is -4.47. The minimum absolute atomic E-state index is 0.0561. The first-order valence-electron chi connectivity index (χ1n) is 5.24. The number of carbonyl (C=O) groups excluding carboxylic acids is 1. The van der Waals surface area contributed by atoms with Crippen molar-refractivity contribution in [3.63, 3.8) is 0 Å². The van der Waals surface area contributed by atoms with Crippen molar-refractivity contribution in [3.8, 4) is 0 Å². The molecule has 0 bridgehead atoms. The summed E-state index contributed by atoms with van der Waals surface area (Å²) in [5.74, 6) is 0.300. The van der Waals surface area contributed by atoms with Gasteiger partial charge in [0.1, 0.15) is 0 Å². The predicted octanol–water partition coefficient (Wildman–Crippen LogP) is 2.34. The highest BCUT2D eigenvalue weighted by molar-refractivity contribution is 7.13. The quantitative estimate of drug-likeness (QED) is 0.830. The van der Waals surface area contributed by atoms with Gasteiger partial charge in [-0.3, -0.25) is 4.79 Å². The first kappa shape index (κ1) is 12.5.